The van der Waals surface area contributed by atoms with Crippen LogP contribution in [0.25, 0.3) is 0 Å². The number of carbonyl (C=O) groups is 1. The average molecular weight is 317 g/mol. The zero-order valence-corrected chi connectivity index (χ0v) is 10.9. The van der Waals surface area contributed by atoms with E-state index in [0.717, 1.165) is 27.5 Å². The van der Waals surface area contributed by atoms with Gasteiger partial charge < -0.3 is 0 Å². The molecule has 1 aromatic heterocycles. The molecule has 0 unspecified atom stereocenters. The molecule has 1 aromatic carbocycles. The maximum Gasteiger partial charge on any atom is 0.171 e. The molecule has 0 bridgehead atoms. The molecule has 0 saturated carbocycles. The Kier molecular flexibility index (Phi) is 3.69. The summed E-state index contributed by atoms with van der Waals surface area (Å²) in [6.45, 7) is 0. The quantitative estimate of drug-likeness (QED) is 0.775. The first-order chi connectivity index (χ1) is 8.06. The van der Waals surface area contributed by atoms with Crippen LogP contribution in [0.2, 0.25) is 0 Å². The number of carbonyl (C=O) groups excluding carboxylic acids is 1. The molecule has 88 valence electrons. The average Bonchev–Trinajstić information content (AvgIpc) is 2.67. The van der Waals surface area contributed by atoms with E-state index in [1.54, 1.807) is 6.07 Å². The van der Waals surface area contributed by atoms with Crippen LogP contribution >= 0.6 is 27.3 Å². The van der Waals surface area contributed by atoms with Gasteiger partial charge in [-0.05, 0) is 40.2 Å². The minimum Gasteiger partial charge on any atom is -0.294 e. The Bertz CT molecular complexity index is 565. The lowest BCUT2D eigenvalue weighted by atomic mass is 10.1. The lowest BCUT2D eigenvalue weighted by Crippen LogP contribution is -2.05. The summed E-state index contributed by atoms with van der Waals surface area (Å²) in [6, 6.07) is 4.68. The van der Waals surface area contributed by atoms with Crippen LogP contribution in [0.5, 0.6) is 0 Å². The summed E-state index contributed by atoms with van der Waals surface area (Å²) in [5, 5.41) is 1.84. The van der Waals surface area contributed by atoms with E-state index in [4.69, 9.17) is 0 Å². The monoisotopic (exact) mass is 316 g/mol. The number of rotatable bonds is 3. The largest absolute Gasteiger partial charge is 0.294 e. The highest BCUT2D eigenvalue weighted by Crippen LogP contribution is 2.22. The van der Waals surface area contributed by atoms with Gasteiger partial charge in [0.05, 0.1) is 5.56 Å². The van der Waals surface area contributed by atoms with Gasteiger partial charge >= 0.3 is 0 Å². The molecular weight excluding hydrogens is 310 g/mol. The van der Waals surface area contributed by atoms with E-state index < -0.39 is 17.4 Å². The zero-order valence-electron chi connectivity index (χ0n) is 8.54. The van der Waals surface area contributed by atoms with E-state index in [1.165, 1.54) is 11.3 Å². The van der Waals surface area contributed by atoms with Crippen molar-refractivity contribution in [3.05, 3.63) is 56.2 Å². The highest BCUT2D eigenvalue weighted by atomic mass is 79.9. The first kappa shape index (κ1) is 12.4. The molecule has 0 amide bonds. The van der Waals surface area contributed by atoms with Crippen molar-refractivity contribution in [3.8, 4) is 0 Å². The Morgan fingerprint density at radius 1 is 1.29 bits per heavy atom. The number of hydrogen-bond acceptors (Lipinski definition) is 2. The fraction of sp³-hybridized carbons (Fsp3) is 0.0833. The van der Waals surface area contributed by atoms with Gasteiger partial charge in [0.1, 0.15) is 11.6 Å². The summed E-state index contributed by atoms with van der Waals surface area (Å²) in [5.74, 6) is -1.72. The first-order valence-electron chi connectivity index (χ1n) is 4.77. The van der Waals surface area contributed by atoms with Crippen molar-refractivity contribution in [2.75, 3.05) is 0 Å². The summed E-state index contributed by atoms with van der Waals surface area (Å²) in [5.41, 5.74) is -0.200. The maximum atomic E-state index is 13.3. The molecule has 5 heteroatoms. The highest BCUT2D eigenvalue weighted by molar-refractivity contribution is 9.10. The van der Waals surface area contributed by atoms with Crippen molar-refractivity contribution in [1.82, 2.24) is 0 Å². The normalized spacial score (nSPS) is 10.5. The summed E-state index contributed by atoms with van der Waals surface area (Å²) >= 11 is 4.67. The Hall–Kier alpha value is -1.07. The molecule has 0 aliphatic carbocycles. The molecule has 0 aliphatic heterocycles. The highest BCUT2D eigenvalue weighted by Gasteiger charge is 2.14. The van der Waals surface area contributed by atoms with Gasteiger partial charge in [-0.3, -0.25) is 4.79 Å². The maximum absolute atomic E-state index is 13.3. The molecule has 0 atom stereocenters. The lowest BCUT2D eigenvalue weighted by Gasteiger charge is -2.01. The van der Waals surface area contributed by atoms with Crippen LogP contribution < -0.4 is 0 Å². The third kappa shape index (κ3) is 2.98. The van der Waals surface area contributed by atoms with Gasteiger partial charge in [0.15, 0.2) is 5.78 Å². The summed E-state index contributed by atoms with van der Waals surface area (Å²) in [7, 11) is 0. The molecular formula is C12H7BrF2OS. The molecule has 1 heterocycles. The lowest BCUT2D eigenvalue weighted by molar-refractivity contribution is 0.0989. The van der Waals surface area contributed by atoms with Crippen LogP contribution in [-0.4, -0.2) is 5.78 Å². The summed E-state index contributed by atoms with van der Waals surface area (Å²) in [6.07, 6.45) is 0.0800. The summed E-state index contributed by atoms with van der Waals surface area (Å²) in [4.78, 5) is 12.6. The van der Waals surface area contributed by atoms with Crippen LogP contribution in [0.15, 0.2) is 34.1 Å². The number of hydrogen-bond donors (Lipinski definition) is 0. The van der Waals surface area contributed by atoms with Crippen molar-refractivity contribution in [2.24, 2.45) is 0 Å². The fourth-order valence-corrected chi connectivity index (χ4v) is 2.86. The van der Waals surface area contributed by atoms with Crippen LogP contribution in [0, 0.1) is 11.6 Å². The SMILES string of the molecule is O=C(Cc1cc(Br)cs1)c1cc(F)ccc1F. The Labute approximate surface area is 109 Å². The molecule has 0 aliphatic rings. The second kappa shape index (κ2) is 5.06. The van der Waals surface area contributed by atoms with Gasteiger partial charge in [0.2, 0.25) is 0 Å². The van der Waals surface area contributed by atoms with Gasteiger partial charge in [-0.25, -0.2) is 8.78 Å². The topological polar surface area (TPSA) is 17.1 Å². The molecule has 1 nitrogen and oxygen atoms in total. The smallest absolute Gasteiger partial charge is 0.171 e. The van der Waals surface area contributed by atoms with E-state index in [-0.39, 0.29) is 12.0 Å². The summed E-state index contributed by atoms with van der Waals surface area (Å²) < 4.78 is 27.1. The second-order valence-electron chi connectivity index (χ2n) is 3.46. The van der Waals surface area contributed by atoms with E-state index in [2.05, 4.69) is 15.9 Å². The standard InChI is InChI=1S/C12H7BrF2OS/c13-7-3-9(17-6-7)5-12(16)10-4-8(14)1-2-11(10)15/h1-4,6H,5H2. The number of Topliss-reactive ketones (excluding diaryl/α,β-unsaturated/α-hetero) is 1. The minimum absolute atomic E-state index is 0.0800. The van der Waals surface area contributed by atoms with Gasteiger partial charge in [0, 0.05) is 21.2 Å². The molecule has 0 spiro atoms. The molecule has 0 radical (unpaired) electrons. The predicted octanol–water partition coefficient (Wildman–Crippen LogP) is 4.21. The first-order valence-corrected chi connectivity index (χ1v) is 6.44. The van der Waals surface area contributed by atoms with E-state index in [1.807, 2.05) is 5.38 Å². The fourth-order valence-electron chi connectivity index (χ4n) is 1.41. The molecule has 17 heavy (non-hydrogen) atoms. The molecule has 2 rings (SSSR count). The van der Waals surface area contributed by atoms with Crippen molar-refractivity contribution in [3.63, 3.8) is 0 Å². The van der Waals surface area contributed by atoms with Crippen molar-refractivity contribution >= 4 is 33.0 Å². The predicted molar refractivity (Wildman–Crippen MR) is 66.4 cm³/mol. The van der Waals surface area contributed by atoms with Crippen LogP contribution in [0.4, 0.5) is 8.78 Å². The van der Waals surface area contributed by atoms with E-state index >= 15 is 0 Å². The van der Waals surface area contributed by atoms with Crippen LogP contribution in [-0.2, 0) is 6.42 Å². The van der Waals surface area contributed by atoms with Crippen molar-refractivity contribution in [1.29, 1.82) is 0 Å². The Balaban J connectivity index is 2.22. The second-order valence-corrected chi connectivity index (χ2v) is 5.37. The van der Waals surface area contributed by atoms with Crippen LogP contribution in [0.3, 0.4) is 0 Å². The van der Waals surface area contributed by atoms with Gasteiger partial charge in [-0.15, -0.1) is 11.3 Å². The number of thiophene rings is 1. The minimum atomic E-state index is -0.688. The molecule has 0 fully saturated rings. The number of benzene rings is 1. The van der Waals surface area contributed by atoms with Crippen molar-refractivity contribution in [2.45, 2.75) is 6.42 Å². The van der Waals surface area contributed by atoms with E-state index in [0.29, 0.717) is 0 Å². The van der Waals surface area contributed by atoms with Crippen LogP contribution in [0.1, 0.15) is 15.2 Å². The van der Waals surface area contributed by atoms with E-state index in [9.17, 15) is 13.6 Å². The third-order valence-electron chi connectivity index (χ3n) is 2.19. The number of ketones is 1. The Morgan fingerprint density at radius 3 is 2.71 bits per heavy atom. The van der Waals surface area contributed by atoms with Gasteiger partial charge in [-0.2, -0.15) is 0 Å². The number of halogens is 3. The molecule has 0 saturated heterocycles. The third-order valence-corrected chi connectivity index (χ3v) is 3.88. The zero-order chi connectivity index (χ0) is 12.4. The Morgan fingerprint density at radius 2 is 2.06 bits per heavy atom. The molecule has 2 aromatic rings. The van der Waals surface area contributed by atoms with Gasteiger partial charge in [-0.1, -0.05) is 0 Å². The molecule has 0 N–H and O–H groups in total. The van der Waals surface area contributed by atoms with Crippen molar-refractivity contribution < 1.29 is 13.6 Å². The van der Waals surface area contributed by atoms with Gasteiger partial charge in [0.25, 0.3) is 0 Å².